The van der Waals surface area contributed by atoms with E-state index in [1.54, 1.807) is 12.1 Å². The first-order valence-corrected chi connectivity index (χ1v) is 10.1. The van der Waals surface area contributed by atoms with Crippen LogP contribution in [0.3, 0.4) is 0 Å². The van der Waals surface area contributed by atoms with E-state index in [1.165, 1.54) is 0 Å². The molecule has 4 nitrogen and oxygen atoms in total. The molecular weight excluding hydrogens is 438 g/mol. The maximum absolute atomic E-state index is 13.4. The number of aryl methyl sites for hydroxylation is 1. The number of fused-ring (bicyclic) bond motifs is 1. The van der Waals surface area contributed by atoms with Crippen LogP contribution in [0, 0.1) is 18.3 Å². The van der Waals surface area contributed by atoms with Crippen LogP contribution in [0.1, 0.15) is 45.7 Å². The summed E-state index contributed by atoms with van der Waals surface area (Å²) in [6, 6.07) is 16.7. The van der Waals surface area contributed by atoms with Gasteiger partial charge in [-0.15, -0.1) is 0 Å². The van der Waals surface area contributed by atoms with Crippen molar-refractivity contribution in [2.75, 3.05) is 4.90 Å². The third-order valence-corrected chi connectivity index (χ3v) is 6.05. The van der Waals surface area contributed by atoms with Crippen molar-refractivity contribution >= 4 is 39.1 Å². The smallest absolute Gasteiger partial charge is 0.261 e. The predicted molar refractivity (Wildman–Crippen MR) is 114 cm³/mol. The van der Waals surface area contributed by atoms with Crippen LogP contribution in [0.5, 0.6) is 0 Å². The minimum Gasteiger partial charge on any atom is -0.337 e. The lowest BCUT2D eigenvalue weighted by Gasteiger charge is -2.29. The Morgan fingerprint density at radius 1 is 1.18 bits per heavy atom. The number of carbonyl (C=O) groups excluding carboxylic acids is 1. The number of amides is 1. The molecule has 0 fully saturated rings. The summed E-state index contributed by atoms with van der Waals surface area (Å²) in [5.74, 6) is -0.0531. The Bertz CT molecular complexity index is 1130. The first kappa shape index (κ1) is 18.8. The van der Waals surface area contributed by atoms with Gasteiger partial charge in [-0.1, -0.05) is 29.8 Å². The van der Waals surface area contributed by atoms with Crippen LogP contribution in [-0.2, 0) is 6.54 Å². The van der Waals surface area contributed by atoms with Gasteiger partial charge >= 0.3 is 0 Å². The van der Waals surface area contributed by atoms with Gasteiger partial charge in [0.15, 0.2) is 0 Å². The zero-order valence-electron chi connectivity index (χ0n) is 15.4. The maximum Gasteiger partial charge on any atom is 0.261 e. The molecule has 140 valence electrons. The Labute approximate surface area is 177 Å². The van der Waals surface area contributed by atoms with Crippen molar-refractivity contribution in [3.63, 3.8) is 0 Å². The van der Waals surface area contributed by atoms with Crippen LogP contribution < -0.4 is 4.90 Å². The fourth-order valence-electron chi connectivity index (χ4n) is 3.83. The highest BCUT2D eigenvalue weighted by Crippen LogP contribution is 2.45. The quantitative estimate of drug-likeness (QED) is 0.498. The lowest BCUT2D eigenvalue weighted by molar-refractivity contribution is 0.0993. The lowest BCUT2D eigenvalue weighted by Crippen LogP contribution is -2.30. The molecule has 4 rings (SSSR count). The van der Waals surface area contributed by atoms with Crippen LogP contribution in [-0.4, -0.2) is 10.5 Å². The minimum absolute atomic E-state index is 0.0531. The summed E-state index contributed by atoms with van der Waals surface area (Å²) in [4.78, 5) is 15.3. The van der Waals surface area contributed by atoms with Crippen molar-refractivity contribution in [3.05, 3.63) is 86.1 Å². The summed E-state index contributed by atoms with van der Waals surface area (Å²) in [7, 11) is 0. The van der Waals surface area contributed by atoms with Gasteiger partial charge in [0.1, 0.15) is 6.04 Å². The van der Waals surface area contributed by atoms with Crippen LogP contribution >= 0.6 is 27.5 Å². The second kappa shape index (κ2) is 7.12. The Morgan fingerprint density at radius 2 is 1.89 bits per heavy atom. The van der Waals surface area contributed by atoms with Gasteiger partial charge in [-0.2, -0.15) is 5.26 Å². The van der Waals surface area contributed by atoms with Crippen LogP contribution in [0.4, 0.5) is 5.69 Å². The number of carbonyl (C=O) groups is 1. The van der Waals surface area contributed by atoms with E-state index in [1.807, 2.05) is 48.2 Å². The van der Waals surface area contributed by atoms with Gasteiger partial charge in [-0.05, 0) is 71.2 Å². The lowest BCUT2D eigenvalue weighted by atomic mass is 10.0. The van der Waals surface area contributed by atoms with E-state index in [0.29, 0.717) is 16.1 Å². The predicted octanol–water partition coefficient (Wildman–Crippen LogP) is 5.85. The summed E-state index contributed by atoms with van der Waals surface area (Å²) >= 11 is 9.84. The molecule has 6 heteroatoms. The van der Waals surface area contributed by atoms with Crippen molar-refractivity contribution in [3.8, 4) is 6.07 Å². The number of hydrogen-bond donors (Lipinski definition) is 0. The van der Waals surface area contributed by atoms with Crippen molar-refractivity contribution in [1.82, 2.24) is 4.57 Å². The molecule has 0 spiro atoms. The molecule has 3 aromatic rings. The van der Waals surface area contributed by atoms with Gasteiger partial charge in [0.25, 0.3) is 5.91 Å². The summed E-state index contributed by atoms with van der Waals surface area (Å²) in [5, 5.41) is 9.72. The normalized spacial score (nSPS) is 15.6. The molecule has 0 saturated heterocycles. The molecule has 28 heavy (non-hydrogen) atoms. The van der Waals surface area contributed by atoms with Crippen LogP contribution in [0.15, 0.2) is 53.1 Å². The van der Waals surface area contributed by atoms with Crippen molar-refractivity contribution in [2.24, 2.45) is 0 Å². The Balaban J connectivity index is 1.96. The number of rotatable bonds is 3. The van der Waals surface area contributed by atoms with Crippen LogP contribution in [0.2, 0.25) is 5.02 Å². The molecule has 2 aromatic carbocycles. The number of benzene rings is 2. The topological polar surface area (TPSA) is 49.0 Å². The second-order valence-electron chi connectivity index (χ2n) is 6.75. The van der Waals surface area contributed by atoms with E-state index < -0.39 is 0 Å². The van der Waals surface area contributed by atoms with E-state index >= 15 is 0 Å². The van der Waals surface area contributed by atoms with Gasteiger partial charge in [0, 0.05) is 17.3 Å². The number of aromatic nitrogens is 1. The van der Waals surface area contributed by atoms with E-state index in [-0.39, 0.29) is 11.9 Å². The number of anilines is 1. The fourth-order valence-corrected chi connectivity index (χ4v) is 4.66. The molecule has 1 aromatic heterocycles. The second-order valence-corrected chi connectivity index (χ2v) is 8.00. The average molecular weight is 455 g/mol. The summed E-state index contributed by atoms with van der Waals surface area (Å²) in [5.41, 5.74) is 4.94. The maximum atomic E-state index is 13.4. The summed E-state index contributed by atoms with van der Waals surface area (Å²) < 4.78 is 2.99. The number of hydrogen-bond acceptors (Lipinski definition) is 2. The molecule has 0 radical (unpaired) electrons. The molecule has 0 bridgehead atoms. The molecule has 0 saturated carbocycles. The standard InChI is InChI=1S/C22H17BrClN3O/c1-3-26-19(23)11-17-21(26)20(15-7-5-14(12-25)6-8-15)27(22(17)28)18-10-16(24)9-4-13(18)2/h4-11,20H,3H2,1-2H3. The molecule has 1 aliphatic heterocycles. The highest BCUT2D eigenvalue weighted by Gasteiger charge is 2.42. The summed E-state index contributed by atoms with van der Waals surface area (Å²) in [6.07, 6.45) is 0. The Kier molecular flexibility index (Phi) is 4.78. The molecule has 0 aliphatic carbocycles. The fraction of sp³-hybridized carbons (Fsp3) is 0.182. The van der Waals surface area contributed by atoms with E-state index in [9.17, 15) is 4.79 Å². The monoisotopic (exact) mass is 453 g/mol. The SMILES string of the molecule is CCn1c(Br)cc2c1C(c1ccc(C#N)cc1)N(c1cc(Cl)ccc1C)C2=O. The van der Waals surface area contributed by atoms with Gasteiger partial charge < -0.3 is 4.57 Å². The molecule has 1 unspecified atom stereocenters. The van der Waals surface area contributed by atoms with E-state index in [2.05, 4.69) is 33.5 Å². The third kappa shape index (κ3) is 2.85. The van der Waals surface area contributed by atoms with Gasteiger partial charge in [0.2, 0.25) is 0 Å². The summed E-state index contributed by atoms with van der Waals surface area (Å²) in [6.45, 7) is 4.76. The first-order chi connectivity index (χ1) is 13.5. The van der Waals surface area contributed by atoms with Crippen molar-refractivity contribution in [1.29, 1.82) is 5.26 Å². The molecule has 1 atom stereocenters. The zero-order chi connectivity index (χ0) is 20.0. The highest BCUT2D eigenvalue weighted by atomic mass is 79.9. The molecule has 0 N–H and O–H groups in total. The van der Waals surface area contributed by atoms with E-state index in [4.69, 9.17) is 16.9 Å². The largest absolute Gasteiger partial charge is 0.337 e. The van der Waals surface area contributed by atoms with Crippen molar-refractivity contribution < 1.29 is 4.79 Å². The molecule has 1 amide bonds. The number of nitriles is 1. The Morgan fingerprint density at radius 3 is 2.54 bits per heavy atom. The van der Waals surface area contributed by atoms with Crippen molar-refractivity contribution in [2.45, 2.75) is 26.4 Å². The number of halogens is 2. The van der Waals surface area contributed by atoms with Gasteiger partial charge in [0.05, 0.1) is 27.5 Å². The molecule has 1 aliphatic rings. The average Bonchev–Trinajstić information content (AvgIpc) is 3.16. The first-order valence-electron chi connectivity index (χ1n) is 8.95. The number of nitrogens with zero attached hydrogens (tertiary/aromatic N) is 3. The van der Waals surface area contributed by atoms with Gasteiger partial charge in [-0.3, -0.25) is 9.69 Å². The molecular formula is C22H17BrClN3O. The van der Waals surface area contributed by atoms with Crippen LogP contribution in [0.25, 0.3) is 0 Å². The minimum atomic E-state index is -0.293. The highest BCUT2D eigenvalue weighted by molar-refractivity contribution is 9.10. The van der Waals surface area contributed by atoms with E-state index in [0.717, 1.165) is 33.7 Å². The third-order valence-electron chi connectivity index (χ3n) is 5.16. The Hall–Kier alpha value is -2.55. The molecule has 2 heterocycles. The van der Waals surface area contributed by atoms with Gasteiger partial charge in [-0.25, -0.2) is 0 Å². The zero-order valence-corrected chi connectivity index (χ0v) is 17.8.